The second kappa shape index (κ2) is 5.57. The molecule has 1 aromatic carbocycles. The van der Waals surface area contributed by atoms with Gasteiger partial charge < -0.3 is 20.4 Å². The molecule has 1 saturated heterocycles. The molecule has 3 atom stereocenters. The molecule has 0 aromatic heterocycles. The van der Waals surface area contributed by atoms with Crippen LogP contribution in [0.3, 0.4) is 0 Å². The Morgan fingerprint density at radius 3 is 2.44 bits per heavy atom. The Bertz CT molecular complexity index is 417. The molecular formula is C13H19BrN2O2. The lowest BCUT2D eigenvalue weighted by molar-refractivity contribution is 0.0572. The normalized spacial score (nSPS) is 25.5. The van der Waals surface area contributed by atoms with Crippen LogP contribution in [0.4, 0.5) is 5.69 Å². The van der Waals surface area contributed by atoms with Crippen LogP contribution < -0.4 is 10.2 Å². The molecule has 3 N–H and O–H groups in total. The van der Waals surface area contributed by atoms with Crippen LogP contribution in [0.5, 0.6) is 0 Å². The lowest BCUT2D eigenvalue weighted by Gasteiger charge is -2.20. The molecule has 0 aliphatic carbocycles. The third-order valence-corrected chi connectivity index (χ3v) is 4.19. The van der Waals surface area contributed by atoms with E-state index in [1.54, 1.807) is 0 Å². The minimum Gasteiger partial charge on any atom is -0.389 e. The van der Waals surface area contributed by atoms with E-state index in [1.165, 1.54) is 5.56 Å². The van der Waals surface area contributed by atoms with Crippen molar-refractivity contribution >= 4 is 21.6 Å². The predicted octanol–water partition coefficient (Wildman–Crippen LogP) is 1.27. The number of aliphatic hydroxyl groups is 2. The summed E-state index contributed by atoms with van der Waals surface area (Å²) in [7, 11) is 1.93. The Balaban J connectivity index is 2.19. The van der Waals surface area contributed by atoms with E-state index in [0.717, 1.165) is 10.2 Å². The first-order chi connectivity index (χ1) is 8.52. The van der Waals surface area contributed by atoms with Gasteiger partial charge in [0.05, 0.1) is 12.2 Å². The van der Waals surface area contributed by atoms with Crippen molar-refractivity contribution in [2.75, 3.05) is 25.0 Å². The van der Waals surface area contributed by atoms with Crippen molar-refractivity contribution in [2.45, 2.75) is 25.2 Å². The quantitative estimate of drug-likeness (QED) is 0.786. The summed E-state index contributed by atoms with van der Waals surface area (Å²) in [6.45, 7) is 3.06. The van der Waals surface area contributed by atoms with Gasteiger partial charge in [0.2, 0.25) is 0 Å². The molecule has 0 spiro atoms. The molecule has 5 heteroatoms. The maximum absolute atomic E-state index is 9.57. The average molecular weight is 315 g/mol. The minimum atomic E-state index is -0.653. The third-order valence-electron chi connectivity index (χ3n) is 3.51. The highest BCUT2D eigenvalue weighted by molar-refractivity contribution is 9.10. The molecule has 1 aliphatic rings. The molecule has 0 amide bonds. The van der Waals surface area contributed by atoms with Crippen molar-refractivity contribution in [3.63, 3.8) is 0 Å². The lowest BCUT2D eigenvalue weighted by atomic mass is 10.1. The molecule has 3 unspecified atom stereocenters. The van der Waals surface area contributed by atoms with Crippen LogP contribution >= 0.6 is 15.9 Å². The van der Waals surface area contributed by atoms with Gasteiger partial charge in [-0.05, 0) is 31.7 Å². The van der Waals surface area contributed by atoms with E-state index in [0.29, 0.717) is 13.1 Å². The number of rotatable bonds is 3. The fourth-order valence-corrected chi connectivity index (χ4v) is 2.91. The topological polar surface area (TPSA) is 55.7 Å². The second-order valence-corrected chi connectivity index (χ2v) is 5.61. The molecule has 18 heavy (non-hydrogen) atoms. The van der Waals surface area contributed by atoms with Crippen molar-refractivity contribution in [1.82, 2.24) is 5.32 Å². The highest BCUT2D eigenvalue weighted by Gasteiger charge is 2.29. The fraction of sp³-hybridized carbons (Fsp3) is 0.538. The molecular weight excluding hydrogens is 296 g/mol. The van der Waals surface area contributed by atoms with E-state index < -0.39 is 12.2 Å². The van der Waals surface area contributed by atoms with Gasteiger partial charge in [-0.1, -0.05) is 22.0 Å². The first-order valence-electron chi connectivity index (χ1n) is 6.10. The number of nitrogens with zero attached hydrogens (tertiary/aromatic N) is 1. The Morgan fingerprint density at radius 1 is 1.33 bits per heavy atom. The molecule has 100 valence electrons. The van der Waals surface area contributed by atoms with Crippen LogP contribution in [0.2, 0.25) is 0 Å². The SMILES string of the molecule is CNC(C)c1ccc(N2CC(O)C(O)C2)cc1Br. The van der Waals surface area contributed by atoms with Gasteiger partial charge in [0.25, 0.3) is 0 Å². The molecule has 0 radical (unpaired) electrons. The van der Waals surface area contributed by atoms with Crippen LogP contribution in [0.25, 0.3) is 0 Å². The van der Waals surface area contributed by atoms with E-state index in [1.807, 2.05) is 24.1 Å². The second-order valence-electron chi connectivity index (χ2n) is 4.76. The van der Waals surface area contributed by atoms with Gasteiger partial charge in [0, 0.05) is 29.3 Å². The molecule has 0 bridgehead atoms. The molecule has 1 fully saturated rings. The number of hydrogen-bond donors (Lipinski definition) is 3. The molecule has 0 saturated carbocycles. The average Bonchev–Trinajstić information content (AvgIpc) is 2.68. The lowest BCUT2D eigenvalue weighted by Crippen LogP contribution is -2.22. The summed E-state index contributed by atoms with van der Waals surface area (Å²) < 4.78 is 1.04. The van der Waals surface area contributed by atoms with Crippen molar-refractivity contribution < 1.29 is 10.2 Å². The molecule has 1 aliphatic heterocycles. The number of β-amino-alcohol motifs (C(OH)–C–C–N with tert-alkyl or cyclic N) is 2. The van der Waals surface area contributed by atoms with Crippen LogP contribution in [0, 0.1) is 0 Å². The van der Waals surface area contributed by atoms with Crippen molar-refractivity contribution in [2.24, 2.45) is 0 Å². The van der Waals surface area contributed by atoms with Crippen molar-refractivity contribution in [1.29, 1.82) is 0 Å². The highest BCUT2D eigenvalue weighted by Crippen LogP contribution is 2.29. The van der Waals surface area contributed by atoms with Crippen LogP contribution in [0.15, 0.2) is 22.7 Å². The van der Waals surface area contributed by atoms with Crippen LogP contribution in [-0.2, 0) is 0 Å². The van der Waals surface area contributed by atoms with Crippen molar-refractivity contribution in [3.05, 3.63) is 28.2 Å². The van der Waals surface area contributed by atoms with E-state index in [4.69, 9.17) is 0 Å². The maximum Gasteiger partial charge on any atom is 0.0990 e. The zero-order chi connectivity index (χ0) is 13.3. The molecule has 1 heterocycles. The van der Waals surface area contributed by atoms with Gasteiger partial charge in [0.1, 0.15) is 0 Å². The maximum atomic E-state index is 9.57. The van der Waals surface area contributed by atoms with Gasteiger partial charge in [-0.15, -0.1) is 0 Å². The summed E-state index contributed by atoms with van der Waals surface area (Å²) >= 11 is 3.57. The Hall–Kier alpha value is -0.620. The molecule has 1 aromatic rings. The predicted molar refractivity (Wildman–Crippen MR) is 75.8 cm³/mol. The third kappa shape index (κ3) is 2.69. The summed E-state index contributed by atoms with van der Waals surface area (Å²) in [6, 6.07) is 6.41. The Labute approximate surface area is 116 Å². The summed E-state index contributed by atoms with van der Waals surface area (Å²) in [5.74, 6) is 0. The van der Waals surface area contributed by atoms with Gasteiger partial charge >= 0.3 is 0 Å². The van der Waals surface area contributed by atoms with Crippen LogP contribution in [0.1, 0.15) is 18.5 Å². The minimum absolute atomic E-state index is 0.281. The first kappa shape index (κ1) is 13.8. The number of benzene rings is 1. The summed E-state index contributed by atoms with van der Waals surface area (Å²) in [5, 5.41) is 22.3. The number of nitrogens with one attached hydrogen (secondary N) is 1. The van der Waals surface area contributed by atoms with Gasteiger partial charge in [0.15, 0.2) is 0 Å². The molecule has 4 nitrogen and oxygen atoms in total. The zero-order valence-electron chi connectivity index (χ0n) is 10.6. The van der Waals surface area contributed by atoms with E-state index in [-0.39, 0.29) is 6.04 Å². The monoisotopic (exact) mass is 314 g/mol. The zero-order valence-corrected chi connectivity index (χ0v) is 12.2. The number of halogens is 1. The van der Waals surface area contributed by atoms with Crippen molar-refractivity contribution in [3.8, 4) is 0 Å². The van der Waals surface area contributed by atoms with E-state index in [9.17, 15) is 10.2 Å². The van der Waals surface area contributed by atoms with Gasteiger partial charge in [-0.3, -0.25) is 0 Å². The standard InChI is InChI=1S/C13H19BrN2O2/c1-8(15-2)10-4-3-9(5-11(10)14)16-6-12(17)13(18)7-16/h3-5,8,12-13,15,17-18H,6-7H2,1-2H3. The van der Waals surface area contributed by atoms with Gasteiger partial charge in [-0.25, -0.2) is 0 Å². The Kier molecular flexibility index (Phi) is 4.27. The number of aliphatic hydroxyl groups excluding tert-OH is 2. The Morgan fingerprint density at radius 2 is 1.94 bits per heavy atom. The fourth-order valence-electron chi connectivity index (χ4n) is 2.20. The number of hydrogen-bond acceptors (Lipinski definition) is 4. The summed E-state index contributed by atoms with van der Waals surface area (Å²) in [5.41, 5.74) is 2.21. The number of anilines is 1. The van der Waals surface area contributed by atoms with E-state index >= 15 is 0 Å². The largest absolute Gasteiger partial charge is 0.389 e. The highest BCUT2D eigenvalue weighted by atomic mass is 79.9. The van der Waals surface area contributed by atoms with E-state index in [2.05, 4.69) is 34.2 Å². The summed E-state index contributed by atoms with van der Waals surface area (Å²) in [4.78, 5) is 1.99. The smallest absolute Gasteiger partial charge is 0.0990 e. The van der Waals surface area contributed by atoms with Gasteiger partial charge in [-0.2, -0.15) is 0 Å². The molecule has 2 rings (SSSR count). The summed E-state index contributed by atoms with van der Waals surface area (Å²) in [6.07, 6.45) is -1.31. The first-order valence-corrected chi connectivity index (χ1v) is 6.90. The van der Waals surface area contributed by atoms with Crippen LogP contribution in [-0.4, -0.2) is 42.6 Å².